The lowest BCUT2D eigenvalue weighted by Crippen LogP contribution is -2.54. The summed E-state index contributed by atoms with van der Waals surface area (Å²) in [7, 11) is 0. The minimum Gasteiger partial charge on any atom is -0.411 e. The van der Waals surface area contributed by atoms with Crippen LogP contribution in [0.2, 0.25) is 0 Å². The summed E-state index contributed by atoms with van der Waals surface area (Å²) in [5.74, 6) is 2.49. The molecule has 0 spiro atoms. The number of oxime groups is 1. The summed E-state index contributed by atoms with van der Waals surface area (Å²) in [6.45, 7) is 7.38. The minimum atomic E-state index is -0.359. The fourth-order valence-corrected chi connectivity index (χ4v) is 8.18. The molecule has 3 heteroatoms. The molecular weight excluding hydrogens is 356 g/mol. The summed E-state index contributed by atoms with van der Waals surface area (Å²) in [5.41, 5.74) is 3.95. The maximum absolute atomic E-state index is 9.96. The first-order chi connectivity index (χ1) is 13.9. The molecule has 1 heterocycles. The van der Waals surface area contributed by atoms with E-state index < -0.39 is 0 Å². The normalized spacial score (nSPS) is 47.4. The van der Waals surface area contributed by atoms with Crippen LogP contribution in [0, 0.1) is 34.0 Å². The van der Waals surface area contributed by atoms with Crippen LogP contribution < -0.4 is 5.32 Å². The lowest BCUT2D eigenvalue weighted by atomic mass is 9.44. The highest BCUT2D eigenvalue weighted by atomic mass is 16.4. The molecule has 29 heavy (non-hydrogen) atoms. The Morgan fingerprint density at radius 3 is 2.72 bits per heavy atom. The monoisotopic (exact) mass is 392 g/mol. The molecule has 5 rings (SSSR count). The van der Waals surface area contributed by atoms with Gasteiger partial charge >= 0.3 is 0 Å². The summed E-state index contributed by atoms with van der Waals surface area (Å²) < 4.78 is 0. The standard InChI is InChI=1S/C26H36N2O/c1-24-14-7-8-19(24)18-10-11-21-25(2,20(18)12-15-24)16-13-23(28-29)26(21,3)22-9-5-4-6-17-27-22/h4-6,9,11,17-20,27,29H,7-8,10,12-16H2,1-3H3/t18-,19-,20-,24-,25+,26?/m0/s1. The van der Waals surface area contributed by atoms with Crippen molar-refractivity contribution >= 4 is 5.71 Å². The number of allylic oxidation sites excluding steroid dienone is 6. The van der Waals surface area contributed by atoms with E-state index in [1.807, 2.05) is 12.3 Å². The number of nitrogens with one attached hydrogen (secondary N) is 1. The number of rotatable bonds is 1. The predicted octanol–water partition coefficient (Wildman–Crippen LogP) is 6.34. The quantitative estimate of drug-likeness (QED) is 0.310. The van der Waals surface area contributed by atoms with Crippen LogP contribution in [0.4, 0.5) is 0 Å². The number of hydrogen-bond donors (Lipinski definition) is 2. The molecule has 0 aromatic carbocycles. The second-order valence-electron chi connectivity index (χ2n) is 10.9. The number of nitrogens with zero attached hydrogens (tertiary/aromatic N) is 1. The van der Waals surface area contributed by atoms with Gasteiger partial charge in [-0.25, -0.2) is 0 Å². The molecule has 5 aliphatic rings. The van der Waals surface area contributed by atoms with Gasteiger partial charge in [-0.2, -0.15) is 0 Å². The van der Waals surface area contributed by atoms with Crippen LogP contribution in [0.5, 0.6) is 0 Å². The van der Waals surface area contributed by atoms with Crippen LogP contribution in [0.3, 0.4) is 0 Å². The summed E-state index contributed by atoms with van der Waals surface area (Å²) in [4.78, 5) is 0. The predicted molar refractivity (Wildman–Crippen MR) is 119 cm³/mol. The van der Waals surface area contributed by atoms with Gasteiger partial charge in [0.1, 0.15) is 0 Å². The zero-order chi connectivity index (χ0) is 20.3. The largest absolute Gasteiger partial charge is 0.411 e. The van der Waals surface area contributed by atoms with Crippen LogP contribution in [-0.2, 0) is 0 Å². The van der Waals surface area contributed by atoms with E-state index in [0.717, 1.165) is 42.0 Å². The third-order valence-electron chi connectivity index (χ3n) is 9.72. The van der Waals surface area contributed by atoms with E-state index in [4.69, 9.17) is 0 Å². The second kappa shape index (κ2) is 6.62. The lowest BCUT2D eigenvalue weighted by molar-refractivity contribution is -0.0258. The fraction of sp³-hybridized carbons (Fsp3) is 0.654. The summed E-state index contributed by atoms with van der Waals surface area (Å²) in [5, 5.41) is 17.3. The van der Waals surface area contributed by atoms with Gasteiger partial charge in [-0.15, -0.1) is 0 Å². The lowest BCUT2D eigenvalue weighted by Gasteiger charge is -2.60. The molecule has 1 unspecified atom stereocenters. The third kappa shape index (κ3) is 2.58. The Kier molecular flexibility index (Phi) is 4.38. The number of hydrogen-bond acceptors (Lipinski definition) is 3. The average molecular weight is 393 g/mol. The molecule has 0 amide bonds. The highest BCUT2D eigenvalue weighted by Gasteiger charge is 2.60. The van der Waals surface area contributed by atoms with Gasteiger partial charge in [-0.3, -0.25) is 0 Å². The molecule has 4 aliphatic carbocycles. The molecule has 3 saturated carbocycles. The Bertz CT molecular complexity index is 849. The van der Waals surface area contributed by atoms with Gasteiger partial charge in [0.15, 0.2) is 0 Å². The van der Waals surface area contributed by atoms with Crippen molar-refractivity contribution in [1.82, 2.24) is 5.32 Å². The van der Waals surface area contributed by atoms with Gasteiger partial charge in [0.2, 0.25) is 0 Å². The summed E-state index contributed by atoms with van der Waals surface area (Å²) in [6.07, 6.45) is 23.1. The van der Waals surface area contributed by atoms with Gasteiger partial charge in [0.25, 0.3) is 0 Å². The van der Waals surface area contributed by atoms with Crippen molar-refractivity contribution in [3.8, 4) is 0 Å². The van der Waals surface area contributed by atoms with Gasteiger partial charge in [0.05, 0.1) is 11.1 Å². The Hall–Kier alpha value is -1.77. The average Bonchev–Trinajstić information content (AvgIpc) is 2.91. The fourth-order valence-electron chi connectivity index (χ4n) is 8.18. The van der Waals surface area contributed by atoms with E-state index in [1.54, 1.807) is 0 Å². The molecule has 3 fully saturated rings. The van der Waals surface area contributed by atoms with Gasteiger partial charge < -0.3 is 10.5 Å². The minimum absolute atomic E-state index is 0.192. The molecule has 2 N–H and O–H groups in total. The first kappa shape index (κ1) is 19.2. The summed E-state index contributed by atoms with van der Waals surface area (Å²) >= 11 is 0. The zero-order valence-electron chi connectivity index (χ0n) is 18.2. The van der Waals surface area contributed by atoms with Crippen LogP contribution in [0.1, 0.15) is 72.1 Å². The van der Waals surface area contributed by atoms with Gasteiger partial charge in [-0.05, 0) is 92.6 Å². The van der Waals surface area contributed by atoms with Crippen LogP contribution in [0.15, 0.2) is 53.0 Å². The maximum Gasteiger partial charge on any atom is 0.0729 e. The Morgan fingerprint density at radius 1 is 1.03 bits per heavy atom. The Balaban J connectivity index is 1.60. The molecule has 0 aromatic rings. The van der Waals surface area contributed by atoms with Crippen molar-refractivity contribution in [1.29, 1.82) is 0 Å². The smallest absolute Gasteiger partial charge is 0.0729 e. The van der Waals surface area contributed by atoms with Gasteiger partial charge in [0, 0.05) is 11.9 Å². The van der Waals surface area contributed by atoms with Gasteiger partial charge in [-0.1, -0.05) is 49.2 Å². The molecule has 156 valence electrons. The van der Waals surface area contributed by atoms with E-state index in [2.05, 4.69) is 55.5 Å². The van der Waals surface area contributed by atoms with Crippen molar-refractivity contribution in [2.45, 2.75) is 72.1 Å². The Morgan fingerprint density at radius 2 is 1.90 bits per heavy atom. The molecule has 1 aliphatic heterocycles. The van der Waals surface area contributed by atoms with E-state index in [0.29, 0.717) is 5.41 Å². The van der Waals surface area contributed by atoms with E-state index in [1.165, 1.54) is 44.1 Å². The van der Waals surface area contributed by atoms with Crippen LogP contribution >= 0.6 is 0 Å². The van der Waals surface area contributed by atoms with E-state index in [9.17, 15) is 5.21 Å². The Labute approximate surface area is 175 Å². The first-order valence-electron chi connectivity index (χ1n) is 11.7. The molecule has 0 saturated heterocycles. The molecule has 0 radical (unpaired) electrons. The molecule has 3 nitrogen and oxygen atoms in total. The SMILES string of the molecule is CC1(C2=CC=CC=CN2)C2=CC[C@H]3[C@@H]4CCC[C@@]4(C)CC[C@@H]3[C@@]2(C)CCC1=NO. The maximum atomic E-state index is 9.96. The van der Waals surface area contributed by atoms with Crippen molar-refractivity contribution in [3.05, 3.63) is 47.9 Å². The molecular formula is C26H36N2O. The van der Waals surface area contributed by atoms with Crippen LogP contribution in [0.25, 0.3) is 0 Å². The number of fused-ring (bicyclic) bond motifs is 5. The third-order valence-corrected chi connectivity index (χ3v) is 9.72. The van der Waals surface area contributed by atoms with E-state index in [-0.39, 0.29) is 10.8 Å². The van der Waals surface area contributed by atoms with Crippen molar-refractivity contribution < 1.29 is 5.21 Å². The first-order valence-corrected chi connectivity index (χ1v) is 11.7. The molecule has 6 atom stereocenters. The van der Waals surface area contributed by atoms with Crippen molar-refractivity contribution in [2.24, 2.45) is 39.2 Å². The van der Waals surface area contributed by atoms with Crippen LogP contribution in [-0.4, -0.2) is 10.9 Å². The van der Waals surface area contributed by atoms with Crippen molar-refractivity contribution in [2.75, 3.05) is 0 Å². The highest BCUT2D eigenvalue weighted by molar-refractivity contribution is 5.96. The highest BCUT2D eigenvalue weighted by Crippen LogP contribution is 2.67. The van der Waals surface area contributed by atoms with Crippen molar-refractivity contribution in [3.63, 3.8) is 0 Å². The topological polar surface area (TPSA) is 44.6 Å². The molecule has 0 aromatic heterocycles. The van der Waals surface area contributed by atoms with E-state index >= 15 is 0 Å². The second-order valence-corrected chi connectivity index (χ2v) is 10.9. The summed E-state index contributed by atoms with van der Waals surface area (Å²) in [6, 6.07) is 0. The zero-order valence-corrected chi connectivity index (χ0v) is 18.2. The molecule has 0 bridgehead atoms.